The molecule has 25 heteroatoms. The zero-order valence-electron chi connectivity index (χ0n) is 58.0. The van der Waals surface area contributed by atoms with Gasteiger partial charge in [-0.05, 0) is 101 Å². The number of hydrogen-bond acceptors (Lipinski definition) is 13. The third-order valence-electron chi connectivity index (χ3n) is 17.9. The molecular formula is C66H110N12O13. The first kappa shape index (κ1) is 78.1. The van der Waals surface area contributed by atoms with Gasteiger partial charge in [-0.15, -0.1) is 0 Å². The molecule has 0 unspecified atom stereocenters. The molecule has 2 aliphatic rings. The number of aliphatic hydroxyl groups is 1. The largest absolute Gasteiger partial charge is 0.391 e. The summed E-state index contributed by atoms with van der Waals surface area (Å²) in [6.45, 7) is 24.4. The van der Waals surface area contributed by atoms with E-state index in [1.54, 1.807) is 56.0 Å². The van der Waals surface area contributed by atoms with Crippen molar-refractivity contribution in [2.45, 2.75) is 227 Å². The van der Waals surface area contributed by atoms with Crippen LogP contribution in [0, 0.1) is 29.6 Å². The number of carbonyl (C=O) groups excluding carboxylic acids is 12. The molecule has 1 aromatic rings. The van der Waals surface area contributed by atoms with Gasteiger partial charge in [0.05, 0.1) is 12.5 Å². The molecule has 2 fully saturated rings. The number of benzene rings is 1. The molecule has 0 spiro atoms. The average Bonchev–Trinajstić information content (AvgIpc) is 1.20. The summed E-state index contributed by atoms with van der Waals surface area (Å²) in [5.74, 6) is -10.3. The highest BCUT2D eigenvalue weighted by molar-refractivity contribution is 6.00. The van der Waals surface area contributed by atoms with Crippen molar-refractivity contribution in [2.24, 2.45) is 29.6 Å². The molecule has 0 saturated carbocycles. The molecule has 0 bridgehead atoms. The number of nitrogens with one attached hydrogen (secondary N) is 5. The predicted molar refractivity (Wildman–Crippen MR) is 346 cm³/mol. The topological polar surface area (TPSA) is 308 Å². The van der Waals surface area contributed by atoms with E-state index in [1.807, 2.05) is 48.5 Å². The Hall–Kier alpha value is -7.18. The summed E-state index contributed by atoms with van der Waals surface area (Å²) in [6, 6.07) is -5.76. The van der Waals surface area contributed by atoms with E-state index in [4.69, 9.17) is 0 Å². The highest BCUT2D eigenvalue weighted by Crippen LogP contribution is 2.24. The van der Waals surface area contributed by atoms with E-state index >= 15 is 0 Å². The van der Waals surface area contributed by atoms with Crippen molar-refractivity contribution in [2.75, 3.05) is 55.4 Å². The Kier molecular flexibility index (Phi) is 30.5. The molecule has 3 rings (SSSR count). The number of nitrogens with zero attached hydrogens (tertiary/aromatic N) is 7. The summed E-state index contributed by atoms with van der Waals surface area (Å²) in [5, 5.41) is 24.9. The van der Waals surface area contributed by atoms with Gasteiger partial charge in [0.25, 0.3) is 0 Å². The number of hydrogen-bond donors (Lipinski definition) is 6. The maximum atomic E-state index is 15.0. The summed E-state index contributed by atoms with van der Waals surface area (Å²) >= 11 is 0. The van der Waals surface area contributed by atoms with Crippen LogP contribution in [0.25, 0.3) is 0 Å². The molecule has 2 heterocycles. The Morgan fingerprint density at radius 1 is 0.505 bits per heavy atom. The van der Waals surface area contributed by atoms with Gasteiger partial charge in [0.1, 0.15) is 66.5 Å². The van der Waals surface area contributed by atoms with E-state index in [2.05, 4.69) is 26.6 Å². The molecule has 2 aliphatic heterocycles. The maximum absolute atomic E-state index is 15.0. The third-order valence-corrected chi connectivity index (χ3v) is 17.9. The molecule has 2 saturated heterocycles. The number of rotatable bonds is 13. The Morgan fingerprint density at radius 3 is 1.48 bits per heavy atom. The van der Waals surface area contributed by atoms with Gasteiger partial charge in [0.2, 0.25) is 70.9 Å². The molecule has 0 radical (unpaired) electrons. The van der Waals surface area contributed by atoms with Crippen molar-refractivity contribution in [3.8, 4) is 0 Å². The van der Waals surface area contributed by atoms with Crippen LogP contribution in [0.15, 0.2) is 30.3 Å². The monoisotopic (exact) mass is 1280 g/mol. The molecule has 1 aromatic carbocycles. The molecular weight excluding hydrogens is 1170 g/mol. The number of likely N-dealkylation sites (N-methyl/N-ethyl adjacent to an activating group) is 6. The van der Waals surface area contributed by atoms with Crippen LogP contribution in [-0.4, -0.2) is 238 Å². The van der Waals surface area contributed by atoms with Crippen LogP contribution in [0.5, 0.6) is 0 Å². The Bertz CT molecular complexity index is 2680. The summed E-state index contributed by atoms with van der Waals surface area (Å²) < 4.78 is 0. The molecule has 25 nitrogen and oxygen atoms in total. The van der Waals surface area contributed by atoms with Crippen LogP contribution in [-0.2, 0) is 64.0 Å². The second-order valence-electron chi connectivity index (χ2n) is 27.0. The smallest absolute Gasteiger partial charge is 0.246 e. The lowest BCUT2D eigenvalue weighted by Gasteiger charge is -2.38. The van der Waals surface area contributed by atoms with Gasteiger partial charge in [0.15, 0.2) is 0 Å². The second kappa shape index (κ2) is 35.6. The van der Waals surface area contributed by atoms with Gasteiger partial charge in [-0.1, -0.05) is 106 Å². The normalized spacial score (nSPS) is 27.5. The van der Waals surface area contributed by atoms with E-state index in [0.29, 0.717) is 37.9 Å². The fraction of sp³-hybridized carbons (Fsp3) is 0.727. The van der Waals surface area contributed by atoms with Crippen molar-refractivity contribution >= 4 is 70.9 Å². The zero-order valence-corrected chi connectivity index (χ0v) is 58.0. The van der Waals surface area contributed by atoms with Crippen LogP contribution in [0.1, 0.15) is 154 Å². The van der Waals surface area contributed by atoms with E-state index in [-0.39, 0.29) is 43.4 Å². The van der Waals surface area contributed by atoms with E-state index in [9.17, 15) is 62.6 Å². The molecule has 0 aliphatic carbocycles. The fourth-order valence-electron chi connectivity index (χ4n) is 11.6. The molecule has 12 amide bonds. The molecule has 91 heavy (non-hydrogen) atoms. The van der Waals surface area contributed by atoms with Crippen LogP contribution in [0.2, 0.25) is 0 Å². The van der Waals surface area contributed by atoms with E-state index in [0.717, 1.165) is 16.2 Å². The van der Waals surface area contributed by atoms with Gasteiger partial charge in [-0.25, -0.2) is 0 Å². The van der Waals surface area contributed by atoms with Crippen molar-refractivity contribution in [1.29, 1.82) is 0 Å². The van der Waals surface area contributed by atoms with Gasteiger partial charge in [0, 0.05) is 61.8 Å². The number of carbonyl (C=O) groups is 12. The van der Waals surface area contributed by atoms with Crippen LogP contribution >= 0.6 is 0 Å². The van der Waals surface area contributed by atoms with E-state index in [1.165, 1.54) is 89.6 Å². The number of amides is 12. The van der Waals surface area contributed by atoms with Gasteiger partial charge in [-0.3, -0.25) is 57.5 Å². The standard InChI is InChI=1S/C66H110N12O13/c1-21-41(10)53-59(84)69-48(64(89)78-30-26-23-27-31-78)36-52(80)72(15)44(13)62(87)76(19)51(34-39(6)7)65(90)74(17)49(32-37(2)3)58(83)71-54(45(14)79)60(85)68-47(35-46-28-24-22-25-29-46)63(88)73(16)43(12)56(81)67-42(11)61(86)77(20)55(40(8)9)66(91)75(18)50(33-38(4)5)57(82)70-53/h22,24-25,28-29,37-45,47-51,53-55,79H,21,23,26-27,30-36H2,1-20H3,(H,67,81)(H,68,85)(H,69,84)(H,70,82)(H,71,83)/t41-,42-,43-,44-,45+,47-,48-,49-,50-,51-,53-,54-,55-/m0/s1. The minimum absolute atomic E-state index is 0.0625. The van der Waals surface area contributed by atoms with Crippen LogP contribution in [0.4, 0.5) is 0 Å². The Morgan fingerprint density at radius 2 is 0.989 bits per heavy atom. The van der Waals surface area contributed by atoms with Crippen molar-refractivity contribution in [3.05, 3.63) is 35.9 Å². The highest BCUT2D eigenvalue weighted by Gasteiger charge is 2.44. The van der Waals surface area contributed by atoms with Crippen molar-refractivity contribution in [1.82, 2.24) is 60.9 Å². The summed E-state index contributed by atoms with van der Waals surface area (Å²) in [5.41, 5.74) is 0.608. The SMILES string of the molecule is CC[C@H](C)[C@@H]1NC(=O)[C@H](CC(C)C)N(C)C(=O)[C@H](C(C)C)N(C)C(=O)[C@H](C)NC(=O)[C@H](C)N(C)C(=O)[C@H](Cc2ccccc2)NC(=O)[C@H]([C@@H](C)O)NC(=O)[C@H](CC(C)C)N(C)C(=O)[C@H](CC(C)C)N(C)C(=O)[C@H](C)N(C)C(=O)C[C@@H](C(=O)N2CCCCC2)NC1=O. The van der Waals surface area contributed by atoms with Crippen LogP contribution in [0.3, 0.4) is 0 Å². The Balaban J connectivity index is 2.30. The van der Waals surface area contributed by atoms with Crippen LogP contribution < -0.4 is 26.6 Å². The fourth-order valence-corrected chi connectivity index (χ4v) is 11.6. The van der Waals surface area contributed by atoms with Crippen molar-refractivity contribution < 1.29 is 62.6 Å². The maximum Gasteiger partial charge on any atom is 0.246 e. The predicted octanol–water partition coefficient (Wildman–Crippen LogP) is 2.31. The summed E-state index contributed by atoms with van der Waals surface area (Å²) in [7, 11) is 8.39. The molecule has 512 valence electrons. The minimum Gasteiger partial charge on any atom is -0.391 e. The first-order chi connectivity index (χ1) is 42.4. The minimum atomic E-state index is -1.69. The highest BCUT2D eigenvalue weighted by atomic mass is 16.3. The molecule has 13 atom stereocenters. The summed E-state index contributed by atoms with van der Waals surface area (Å²) in [4.78, 5) is 184. The lowest BCUT2D eigenvalue weighted by atomic mass is 9.95. The van der Waals surface area contributed by atoms with Gasteiger partial charge in [-0.2, -0.15) is 0 Å². The zero-order chi connectivity index (χ0) is 69.2. The quantitative estimate of drug-likeness (QED) is 0.166. The summed E-state index contributed by atoms with van der Waals surface area (Å²) in [6.07, 6.45) is 0.672. The third kappa shape index (κ3) is 21.4. The second-order valence-corrected chi connectivity index (χ2v) is 27.0. The van der Waals surface area contributed by atoms with Gasteiger partial charge >= 0.3 is 0 Å². The molecule has 6 N–H and O–H groups in total. The lowest BCUT2D eigenvalue weighted by molar-refractivity contribution is -0.152. The first-order valence-electron chi connectivity index (χ1n) is 32.5. The first-order valence-corrected chi connectivity index (χ1v) is 32.5. The van der Waals surface area contributed by atoms with E-state index < -0.39 is 162 Å². The molecule has 0 aromatic heterocycles. The lowest BCUT2D eigenvalue weighted by Crippen LogP contribution is -2.62. The number of likely N-dealkylation sites (tertiary alicyclic amines) is 1. The van der Waals surface area contributed by atoms with Gasteiger partial charge < -0.3 is 66.0 Å². The average molecular weight is 1280 g/mol. The number of piperidine rings is 1. The van der Waals surface area contributed by atoms with Crippen molar-refractivity contribution in [3.63, 3.8) is 0 Å². The number of aliphatic hydroxyl groups excluding tert-OH is 1. The Labute approximate surface area is 540 Å².